The van der Waals surface area contributed by atoms with Crippen LogP contribution < -0.4 is 4.90 Å². The van der Waals surface area contributed by atoms with E-state index in [0.29, 0.717) is 19.5 Å². The fourth-order valence-electron chi connectivity index (χ4n) is 2.61. The number of piperazine rings is 1. The summed E-state index contributed by atoms with van der Waals surface area (Å²) < 4.78 is 12.9. The molecule has 0 aliphatic carbocycles. The van der Waals surface area contributed by atoms with Gasteiger partial charge in [0.1, 0.15) is 11.6 Å². The second-order valence-electron chi connectivity index (χ2n) is 5.36. The first-order valence-corrected chi connectivity index (χ1v) is 7.40. The molecule has 0 saturated carbocycles. The predicted molar refractivity (Wildman–Crippen MR) is 83.1 cm³/mol. The topological polar surface area (TPSA) is 36.4 Å². The van der Waals surface area contributed by atoms with Crippen LogP contribution in [0.25, 0.3) is 0 Å². The maximum Gasteiger partial charge on any atom is 0.227 e. The van der Waals surface area contributed by atoms with Crippen LogP contribution in [0.4, 0.5) is 10.2 Å². The zero-order valence-corrected chi connectivity index (χ0v) is 12.3. The normalized spacial score (nSPS) is 15.0. The fraction of sp³-hybridized carbons (Fsp3) is 0.294. The van der Waals surface area contributed by atoms with Gasteiger partial charge in [0, 0.05) is 32.4 Å². The van der Waals surface area contributed by atoms with Crippen molar-refractivity contribution in [3.63, 3.8) is 0 Å². The number of carbonyl (C=O) groups excluding carboxylic acids is 1. The van der Waals surface area contributed by atoms with Crippen LogP contribution in [-0.2, 0) is 11.2 Å². The average Bonchev–Trinajstić information content (AvgIpc) is 2.58. The van der Waals surface area contributed by atoms with Crippen LogP contribution in [0.2, 0.25) is 0 Å². The highest BCUT2D eigenvalue weighted by atomic mass is 19.1. The van der Waals surface area contributed by atoms with E-state index in [1.165, 1.54) is 12.1 Å². The monoisotopic (exact) mass is 299 g/mol. The van der Waals surface area contributed by atoms with Crippen LogP contribution >= 0.6 is 0 Å². The van der Waals surface area contributed by atoms with Crippen molar-refractivity contribution in [2.75, 3.05) is 31.1 Å². The van der Waals surface area contributed by atoms with Gasteiger partial charge in [-0.3, -0.25) is 4.79 Å². The summed E-state index contributed by atoms with van der Waals surface area (Å²) in [6, 6.07) is 12.0. The van der Waals surface area contributed by atoms with Crippen molar-refractivity contribution in [2.24, 2.45) is 0 Å². The summed E-state index contributed by atoms with van der Waals surface area (Å²) in [5.41, 5.74) is 0.846. The highest BCUT2D eigenvalue weighted by molar-refractivity contribution is 5.79. The molecule has 0 unspecified atom stereocenters. The molecule has 1 amide bonds. The Balaban J connectivity index is 1.54. The molecular formula is C17H18FN3O. The summed E-state index contributed by atoms with van der Waals surface area (Å²) in [6.45, 7) is 2.95. The number of amides is 1. The maximum absolute atomic E-state index is 12.9. The third kappa shape index (κ3) is 3.42. The molecule has 3 rings (SSSR count). The van der Waals surface area contributed by atoms with Crippen LogP contribution in [0.15, 0.2) is 48.7 Å². The number of halogens is 1. The summed E-state index contributed by atoms with van der Waals surface area (Å²) >= 11 is 0. The van der Waals surface area contributed by atoms with Gasteiger partial charge >= 0.3 is 0 Å². The van der Waals surface area contributed by atoms with Gasteiger partial charge in [-0.2, -0.15) is 0 Å². The Morgan fingerprint density at radius 3 is 2.41 bits per heavy atom. The molecule has 1 saturated heterocycles. The predicted octanol–water partition coefficient (Wildman–Crippen LogP) is 2.11. The summed E-state index contributed by atoms with van der Waals surface area (Å²) in [7, 11) is 0. The van der Waals surface area contributed by atoms with E-state index in [0.717, 1.165) is 24.5 Å². The molecule has 2 aromatic rings. The van der Waals surface area contributed by atoms with Crippen molar-refractivity contribution in [1.82, 2.24) is 9.88 Å². The van der Waals surface area contributed by atoms with Crippen molar-refractivity contribution >= 4 is 11.7 Å². The van der Waals surface area contributed by atoms with Crippen molar-refractivity contribution in [2.45, 2.75) is 6.42 Å². The Labute approximate surface area is 129 Å². The van der Waals surface area contributed by atoms with Gasteiger partial charge in [0.05, 0.1) is 6.42 Å². The lowest BCUT2D eigenvalue weighted by atomic mass is 10.1. The smallest absolute Gasteiger partial charge is 0.227 e. The number of hydrogen-bond donors (Lipinski definition) is 0. The standard InChI is InChI=1S/C17H18FN3O/c18-15-6-4-14(5-7-15)13-17(22)21-11-9-20(10-12-21)16-3-1-2-8-19-16/h1-8H,9-13H2. The summed E-state index contributed by atoms with van der Waals surface area (Å²) in [5, 5.41) is 0. The lowest BCUT2D eigenvalue weighted by Gasteiger charge is -2.35. The molecule has 1 aromatic heterocycles. The molecule has 4 nitrogen and oxygen atoms in total. The van der Waals surface area contributed by atoms with E-state index in [1.807, 2.05) is 23.1 Å². The number of carbonyl (C=O) groups is 1. The van der Waals surface area contributed by atoms with Crippen LogP contribution in [0, 0.1) is 5.82 Å². The first-order chi connectivity index (χ1) is 10.7. The second kappa shape index (κ2) is 6.56. The van der Waals surface area contributed by atoms with E-state index in [9.17, 15) is 9.18 Å². The lowest BCUT2D eigenvalue weighted by molar-refractivity contribution is -0.130. The van der Waals surface area contributed by atoms with Gasteiger partial charge in [0.25, 0.3) is 0 Å². The Morgan fingerprint density at radius 1 is 1.05 bits per heavy atom. The van der Waals surface area contributed by atoms with Crippen molar-refractivity contribution in [1.29, 1.82) is 0 Å². The largest absolute Gasteiger partial charge is 0.353 e. The Bertz CT molecular complexity index is 622. The molecule has 1 aliphatic heterocycles. The molecule has 2 heterocycles. The van der Waals surface area contributed by atoms with Crippen LogP contribution in [0.3, 0.4) is 0 Å². The minimum Gasteiger partial charge on any atom is -0.353 e. The van der Waals surface area contributed by atoms with Gasteiger partial charge in [0.15, 0.2) is 0 Å². The van der Waals surface area contributed by atoms with Gasteiger partial charge < -0.3 is 9.80 Å². The molecular weight excluding hydrogens is 281 g/mol. The molecule has 0 bridgehead atoms. The number of anilines is 1. The van der Waals surface area contributed by atoms with Gasteiger partial charge in [-0.15, -0.1) is 0 Å². The number of rotatable bonds is 3. The highest BCUT2D eigenvalue weighted by Gasteiger charge is 2.21. The molecule has 5 heteroatoms. The van der Waals surface area contributed by atoms with Gasteiger partial charge in [0.2, 0.25) is 5.91 Å². The number of benzene rings is 1. The summed E-state index contributed by atoms with van der Waals surface area (Å²) in [4.78, 5) is 20.7. The first kappa shape index (κ1) is 14.5. The molecule has 0 spiro atoms. The first-order valence-electron chi connectivity index (χ1n) is 7.40. The van der Waals surface area contributed by atoms with Crippen molar-refractivity contribution in [3.8, 4) is 0 Å². The van der Waals surface area contributed by atoms with E-state index < -0.39 is 0 Å². The third-order valence-corrected chi connectivity index (χ3v) is 3.87. The van der Waals surface area contributed by atoms with E-state index in [4.69, 9.17) is 0 Å². The van der Waals surface area contributed by atoms with Gasteiger partial charge in [-0.25, -0.2) is 9.37 Å². The molecule has 1 aliphatic rings. The van der Waals surface area contributed by atoms with E-state index in [1.54, 1.807) is 18.3 Å². The van der Waals surface area contributed by atoms with Crippen molar-refractivity contribution in [3.05, 3.63) is 60.0 Å². The molecule has 0 N–H and O–H groups in total. The van der Waals surface area contributed by atoms with Crippen LogP contribution in [0.5, 0.6) is 0 Å². The van der Waals surface area contributed by atoms with Crippen molar-refractivity contribution < 1.29 is 9.18 Å². The lowest BCUT2D eigenvalue weighted by Crippen LogP contribution is -2.49. The second-order valence-corrected chi connectivity index (χ2v) is 5.36. The van der Waals surface area contributed by atoms with Gasteiger partial charge in [-0.1, -0.05) is 18.2 Å². The Morgan fingerprint density at radius 2 is 1.77 bits per heavy atom. The number of hydrogen-bond acceptors (Lipinski definition) is 3. The molecule has 1 aromatic carbocycles. The van der Waals surface area contributed by atoms with Crippen LogP contribution in [0.1, 0.15) is 5.56 Å². The third-order valence-electron chi connectivity index (χ3n) is 3.87. The quantitative estimate of drug-likeness (QED) is 0.871. The van der Waals surface area contributed by atoms with E-state index in [-0.39, 0.29) is 11.7 Å². The fourth-order valence-corrected chi connectivity index (χ4v) is 2.61. The van der Waals surface area contributed by atoms with Crippen LogP contribution in [-0.4, -0.2) is 42.0 Å². The van der Waals surface area contributed by atoms with E-state index >= 15 is 0 Å². The Kier molecular flexibility index (Phi) is 4.32. The van der Waals surface area contributed by atoms with E-state index in [2.05, 4.69) is 9.88 Å². The number of pyridine rings is 1. The maximum atomic E-state index is 12.9. The highest BCUT2D eigenvalue weighted by Crippen LogP contribution is 2.13. The zero-order valence-electron chi connectivity index (χ0n) is 12.3. The minimum absolute atomic E-state index is 0.0901. The number of aromatic nitrogens is 1. The molecule has 0 radical (unpaired) electrons. The average molecular weight is 299 g/mol. The minimum atomic E-state index is -0.278. The Hall–Kier alpha value is -2.43. The molecule has 0 atom stereocenters. The molecule has 114 valence electrons. The summed E-state index contributed by atoms with van der Waals surface area (Å²) in [6.07, 6.45) is 2.10. The molecule has 22 heavy (non-hydrogen) atoms. The zero-order chi connectivity index (χ0) is 15.4. The summed E-state index contributed by atoms with van der Waals surface area (Å²) in [5.74, 6) is 0.764. The SMILES string of the molecule is O=C(Cc1ccc(F)cc1)N1CCN(c2ccccn2)CC1. The molecule has 1 fully saturated rings. The van der Waals surface area contributed by atoms with Gasteiger partial charge in [-0.05, 0) is 29.8 Å². The number of nitrogens with zero attached hydrogens (tertiary/aromatic N) is 3.